The summed E-state index contributed by atoms with van der Waals surface area (Å²) in [5.74, 6) is -0.957. The Morgan fingerprint density at radius 3 is 2.26 bits per heavy atom. The Labute approximate surface area is 135 Å². The van der Waals surface area contributed by atoms with Gasteiger partial charge in [-0.1, -0.05) is 12.1 Å². The predicted octanol–water partition coefficient (Wildman–Crippen LogP) is 1.74. The molecule has 1 rings (SSSR count). The maximum absolute atomic E-state index is 11.6. The van der Waals surface area contributed by atoms with E-state index in [4.69, 9.17) is 15.2 Å². The van der Waals surface area contributed by atoms with E-state index in [-0.39, 0.29) is 19.6 Å². The fourth-order valence-corrected chi connectivity index (χ4v) is 1.58. The molecule has 0 radical (unpaired) electrons. The molecule has 23 heavy (non-hydrogen) atoms. The standard InChI is InChI=1S/C16H22N2O5/c1-16(2,3)23-15(21)18-9-8-13(19)22-10-11-4-6-12(7-5-11)14(17)20/h4-7H,8-10H2,1-3H3,(H2,17,20)(H,18,21). The number of esters is 1. The van der Waals surface area contributed by atoms with Crippen LogP contribution in [0.4, 0.5) is 4.79 Å². The zero-order valence-electron chi connectivity index (χ0n) is 13.5. The number of primary amides is 1. The smallest absolute Gasteiger partial charge is 0.407 e. The molecule has 0 saturated carbocycles. The first-order valence-electron chi connectivity index (χ1n) is 7.18. The van der Waals surface area contributed by atoms with Crippen molar-refractivity contribution < 1.29 is 23.9 Å². The monoisotopic (exact) mass is 322 g/mol. The number of amides is 2. The number of nitrogens with two attached hydrogens (primary N) is 1. The van der Waals surface area contributed by atoms with Crippen molar-refractivity contribution in [3.05, 3.63) is 35.4 Å². The average Bonchev–Trinajstić information content (AvgIpc) is 2.43. The third kappa shape index (κ3) is 7.85. The molecule has 0 aliphatic heterocycles. The van der Waals surface area contributed by atoms with Crippen molar-refractivity contribution in [2.45, 2.75) is 39.4 Å². The Balaban J connectivity index is 2.27. The second-order valence-corrected chi connectivity index (χ2v) is 5.90. The number of carbonyl (C=O) groups excluding carboxylic acids is 3. The first-order valence-corrected chi connectivity index (χ1v) is 7.18. The van der Waals surface area contributed by atoms with Crippen molar-refractivity contribution in [3.63, 3.8) is 0 Å². The first kappa shape index (κ1) is 18.5. The summed E-state index contributed by atoms with van der Waals surface area (Å²) in [6.07, 6.45) is -0.536. The van der Waals surface area contributed by atoms with Gasteiger partial charge in [-0.2, -0.15) is 0 Å². The van der Waals surface area contributed by atoms with E-state index in [1.165, 1.54) is 0 Å². The molecule has 1 aromatic rings. The Bertz CT molecular complexity index is 561. The molecule has 0 heterocycles. The molecule has 1 aromatic carbocycles. The lowest BCUT2D eigenvalue weighted by Crippen LogP contribution is -2.33. The maximum Gasteiger partial charge on any atom is 0.407 e. The lowest BCUT2D eigenvalue weighted by molar-refractivity contribution is -0.144. The van der Waals surface area contributed by atoms with Crippen molar-refractivity contribution in [1.29, 1.82) is 0 Å². The number of rotatable bonds is 6. The molecule has 0 saturated heterocycles. The molecular formula is C16H22N2O5. The van der Waals surface area contributed by atoms with Crippen LogP contribution in [0.15, 0.2) is 24.3 Å². The molecule has 0 unspecified atom stereocenters. The van der Waals surface area contributed by atoms with E-state index in [0.29, 0.717) is 5.56 Å². The quantitative estimate of drug-likeness (QED) is 0.776. The van der Waals surface area contributed by atoms with E-state index in [9.17, 15) is 14.4 Å². The molecule has 0 atom stereocenters. The Morgan fingerprint density at radius 1 is 1.13 bits per heavy atom. The molecule has 2 amide bonds. The number of benzene rings is 1. The van der Waals surface area contributed by atoms with Gasteiger partial charge < -0.3 is 20.5 Å². The van der Waals surface area contributed by atoms with Crippen molar-refractivity contribution in [2.75, 3.05) is 6.54 Å². The number of hydrogen-bond donors (Lipinski definition) is 2. The summed E-state index contributed by atoms with van der Waals surface area (Å²) in [5.41, 5.74) is 5.68. The number of ether oxygens (including phenoxy) is 2. The molecule has 0 aliphatic rings. The van der Waals surface area contributed by atoms with Crippen molar-refractivity contribution in [3.8, 4) is 0 Å². The van der Waals surface area contributed by atoms with E-state index in [0.717, 1.165) is 5.56 Å². The Morgan fingerprint density at radius 2 is 1.74 bits per heavy atom. The minimum atomic E-state index is -0.582. The van der Waals surface area contributed by atoms with Crippen LogP contribution in [-0.4, -0.2) is 30.1 Å². The van der Waals surface area contributed by atoms with Gasteiger partial charge in [-0.3, -0.25) is 9.59 Å². The van der Waals surface area contributed by atoms with Crippen LogP contribution >= 0.6 is 0 Å². The van der Waals surface area contributed by atoms with Crippen LogP contribution in [0.3, 0.4) is 0 Å². The molecule has 7 heteroatoms. The van der Waals surface area contributed by atoms with Crippen molar-refractivity contribution in [2.24, 2.45) is 5.73 Å². The largest absolute Gasteiger partial charge is 0.461 e. The van der Waals surface area contributed by atoms with Crippen LogP contribution in [0.25, 0.3) is 0 Å². The zero-order valence-corrected chi connectivity index (χ0v) is 13.5. The van der Waals surface area contributed by atoms with E-state index < -0.39 is 23.6 Å². The van der Waals surface area contributed by atoms with Gasteiger partial charge in [0.25, 0.3) is 0 Å². The van der Waals surface area contributed by atoms with Gasteiger partial charge in [0.05, 0.1) is 6.42 Å². The summed E-state index contributed by atoms with van der Waals surface area (Å²) in [7, 11) is 0. The van der Waals surface area contributed by atoms with E-state index in [2.05, 4.69) is 5.32 Å². The highest BCUT2D eigenvalue weighted by Crippen LogP contribution is 2.07. The van der Waals surface area contributed by atoms with Gasteiger partial charge in [0, 0.05) is 12.1 Å². The fraction of sp³-hybridized carbons (Fsp3) is 0.438. The summed E-state index contributed by atoms with van der Waals surface area (Å²) in [4.78, 5) is 33.9. The number of carbonyl (C=O) groups is 3. The summed E-state index contributed by atoms with van der Waals surface area (Å²) < 4.78 is 10.1. The highest BCUT2D eigenvalue weighted by atomic mass is 16.6. The third-order valence-electron chi connectivity index (χ3n) is 2.64. The highest BCUT2D eigenvalue weighted by Gasteiger charge is 2.16. The highest BCUT2D eigenvalue weighted by molar-refractivity contribution is 5.92. The lowest BCUT2D eigenvalue weighted by atomic mass is 10.1. The van der Waals surface area contributed by atoms with Gasteiger partial charge in [0.2, 0.25) is 5.91 Å². The van der Waals surface area contributed by atoms with Gasteiger partial charge >= 0.3 is 12.1 Å². The molecule has 126 valence electrons. The zero-order chi connectivity index (χ0) is 17.5. The normalized spacial score (nSPS) is 10.7. The topological polar surface area (TPSA) is 108 Å². The molecule has 0 aliphatic carbocycles. The molecule has 0 aromatic heterocycles. The molecule has 7 nitrogen and oxygen atoms in total. The SMILES string of the molecule is CC(C)(C)OC(=O)NCCC(=O)OCc1ccc(C(N)=O)cc1. The maximum atomic E-state index is 11.6. The molecule has 0 fully saturated rings. The van der Waals surface area contributed by atoms with Gasteiger partial charge in [0.15, 0.2) is 0 Å². The van der Waals surface area contributed by atoms with Crippen LogP contribution in [-0.2, 0) is 20.9 Å². The van der Waals surface area contributed by atoms with Crippen LogP contribution in [0.5, 0.6) is 0 Å². The first-order chi connectivity index (χ1) is 10.7. The van der Waals surface area contributed by atoms with E-state index in [1.807, 2.05) is 0 Å². The molecule has 3 N–H and O–H groups in total. The van der Waals surface area contributed by atoms with Gasteiger partial charge in [-0.05, 0) is 38.5 Å². The molecular weight excluding hydrogens is 300 g/mol. The van der Waals surface area contributed by atoms with Crippen LogP contribution in [0.1, 0.15) is 43.1 Å². The second kappa shape index (κ2) is 8.17. The van der Waals surface area contributed by atoms with Crippen molar-refractivity contribution in [1.82, 2.24) is 5.32 Å². The summed E-state index contributed by atoms with van der Waals surface area (Å²) >= 11 is 0. The molecule has 0 bridgehead atoms. The minimum Gasteiger partial charge on any atom is -0.461 e. The minimum absolute atomic E-state index is 0.0403. The predicted molar refractivity (Wildman–Crippen MR) is 83.6 cm³/mol. The third-order valence-corrected chi connectivity index (χ3v) is 2.64. The van der Waals surface area contributed by atoms with Gasteiger partial charge in [-0.25, -0.2) is 4.79 Å². The van der Waals surface area contributed by atoms with Gasteiger partial charge in [-0.15, -0.1) is 0 Å². The van der Waals surface area contributed by atoms with E-state index in [1.54, 1.807) is 45.0 Å². The lowest BCUT2D eigenvalue weighted by Gasteiger charge is -2.19. The van der Waals surface area contributed by atoms with Gasteiger partial charge in [0.1, 0.15) is 12.2 Å². The summed E-state index contributed by atoms with van der Waals surface area (Å²) in [6.45, 7) is 5.48. The van der Waals surface area contributed by atoms with Crippen molar-refractivity contribution >= 4 is 18.0 Å². The second-order valence-electron chi connectivity index (χ2n) is 5.90. The summed E-state index contributed by atoms with van der Waals surface area (Å²) in [5, 5.41) is 2.47. The number of alkyl carbamates (subject to hydrolysis) is 1. The Hall–Kier alpha value is -2.57. The van der Waals surface area contributed by atoms with Crippen LogP contribution in [0.2, 0.25) is 0 Å². The molecule has 0 spiro atoms. The Kier molecular flexibility index (Phi) is 6.56. The number of nitrogens with one attached hydrogen (secondary N) is 1. The average molecular weight is 322 g/mol. The van der Waals surface area contributed by atoms with Crippen LogP contribution < -0.4 is 11.1 Å². The summed E-state index contributed by atoms with van der Waals surface area (Å²) in [6, 6.07) is 6.45. The van der Waals surface area contributed by atoms with Crippen LogP contribution in [0, 0.1) is 0 Å². The number of hydrogen-bond acceptors (Lipinski definition) is 5. The fourth-order valence-electron chi connectivity index (χ4n) is 1.58. The van der Waals surface area contributed by atoms with E-state index >= 15 is 0 Å².